The molecule has 5 heteroatoms. The van der Waals surface area contributed by atoms with Gasteiger partial charge in [-0.3, -0.25) is 9.59 Å². The molecule has 2 heterocycles. The number of pyridine rings is 1. The average molecular weight is 416 g/mol. The molecule has 2 aromatic carbocycles. The molecule has 0 N–H and O–H groups in total. The molecule has 31 heavy (non-hydrogen) atoms. The maximum Gasteiger partial charge on any atom is 0.222 e. The Hall–Kier alpha value is -3.21. The summed E-state index contributed by atoms with van der Waals surface area (Å²) in [5.74, 6) is 1.23. The van der Waals surface area contributed by atoms with Gasteiger partial charge in [0.05, 0.1) is 5.52 Å². The summed E-state index contributed by atoms with van der Waals surface area (Å²) in [4.78, 5) is 33.9. The second kappa shape index (κ2) is 9.29. The summed E-state index contributed by atoms with van der Waals surface area (Å²) < 4.78 is 0. The zero-order valence-electron chi connectivity index (χ0n) is 18.3. The van der Waals surface area contributed by atoms with E-state index in [0.29, 0.717) is 32.4 Å². The first-order valence-corrected chi connectivity index (χ1v) is 11.0. The van der Waals surface area contributed by atoms with Crippen molar-refractivity contribution in [3.05, 3.63) is 71.3 Å². The van der Waals surface area contributed by atoms with Crippen LogP contribution in [-0.4, -0.2) is 47.8 Å². The van der Waals surface area contributed by atoms with Gasteiger partial charge in [-0.05, 0) is 37.5 Å². The number of amides is 1. The van der Waals surface area contributed by atoms with E-state index in [1.807, 2.05) is 35.2 Å². The van der Waals surface area contributed by atoms with Crippen molar-refractivity contribution in [2.75, 3.05) is 31.1 Å². The van der Waals surface area contributed by atoms with Gasteiger partial charge in [0.2, 0.25) is 5.91 Å². The molecule has 5 nitrogen and oxygen atoms in total. The molecule has 0 saturated carbocycles. The lowest BCUT2D eigenvalue weighted by molar-refractivity contribution is -0.131. The van der Waals surface area contributed by atoms with Crippen molar-refractivity contribution in [3.8, 4) is 0 Å². The molecule has 4 rings (SSSR count). The highest BCUT2D eigenvalue weighted by atomic mass is 16.2. The molecule has 1 aliphatic heterocycles. The SMILES string of the molecule is Cc1cc(N2CCN(C(=O)CCCC(=O)c3ccccc3)CC2)nc2c(C)cccc12. The number of benzene rings is 2. The normalized spacial score (nSPS) is 14.1. The molecular weight excluding hydrogens is 386 g/mol. The van der Waals surface area contributed by atoms with Crippen molar-refractivity contribution in [3.63, 3.8) is 0 Å². The third-order valence-electron chi connectivity index (χ3n) is 6.08. The van der Waals surface area contributed by atoms with Crippen molar-refractivity contribution in [2.24, 2.45) is 0 Å². The lowest BCUT2D eigenvalue weighted by Gasteiger charge is -2.35. The number of hydrogen-bond donors (Lipinski definition) is 0. The lowest BCUT2D eigenvalue weighted by atomic mass is 10.1. The van der Waals surface area contributed by atoms with Crippen molar-refractivity contribution in [1.29, 1.82) is 0 Å². The van der Waals surface area contributed by atoms with E-state index in [9.17, 15) is 9.59 Å². The number of anilines is 1. The summed E-state index contributed by atoms with van der Waals surface area (Å²) in [6.07, 6.45) is 1.43. The predicted octanol–water partition coefficient (Wildman–Crippen LogP) is 4.55. The van der Waals surface area contributed by atoms with Crippen LogP contribution in [0.25, 0.3) is 10.9 Å². The minimum Gasteiger partial charge on any atom is -0.353 e. The number of nitrogens with zero attached hydrogens (tertiary/aromatic N) is 3. The number of carbonyl (C=O) groups is 2. The largest absolute Gasteiger partial charge is 0.353 e. The Morgan fingerprint density at radius 1 is 0.871 bits per heavy atom. The fourth-order valence-electron chi connectivity index (χ4n) is 4.22. The number of rotatable bonds is 6. The number of carbonyl (C=O) groups excluding carboxylic acids is 2. The molecule has 0 atom stereocenters. The van der Waals surface area contributed by atoms with Gasteiger partial charge in [-0.2, -0.15) is 0 Å². The molecule has 1 fully saturated rings. The number of ketones is 1. The zero-order chi connectivity index (χ0) is 21.8. The van der Waals surface area contributed by atoms with Crippen LogP contribution in [0.1, 0.15) is 40.7 Å². The Morgan fingerprint density at radius 3 is 2.35 bits per heavy atom. The van der Waals surface area contributed by atoms with Gasteiger partial charge in [0.25, 0.3) is 0 Å². The molecule has 1 amide bonds. The van der Waals surface area contributed by atoms with Gasteiger partial charge in [-0.1, -0.05) is 48.5 Å². The van der Waals surface area contributed by atoms with Gasteiger partial charge < -0.3 is 9.80 Å². The van der Waals surface area contributed by atoms with Gasteiger partial charge in [0, 0.05) is 50.0 Å². The number of aryl methyl sites for hydroxylation is 2. The molecule has 0 unspecified atom stereocenters. The first-order valence-electron chi connectivity index (χ1n) is 11.0. The Bertz CT molecular complexity index is 1090. The first-order chi connectivity index (χ1) is 15.0. The highest BCUT2D eigenvalue weighted by Crippen LogP contribution is 2.25. The van der Waals surface area contributed by atoms with Crippen LogP contribution in [0, 0.1) is 13.8 Å². The molecule has 3 aromatic rings. The summed E-state index contributed by atoms with van der Waals surface area (Å²) >= 11 is 0. The fourth-order valence-corrected chi connectivity index (χ4v) is 4.22. The summed E-state index contributed by atoms with van der Waals surface area (Å²) in [7, 11) is 0. The minimum absolute atomic E-state index is 0.103. The number of aromatic nitrogens is 1. The Kier molecular flexibility index (Phi) is 6.31. The average Bonchev–Trinajstić information content (AvgIpc) is 2.80. The summed E-state index contributed by atoms with van der Waals surface area (Å²) in [5, 5.41) is 1.20. The number of para-hydroxylation sites is 1. The fraction of sp³-hybridized carbons (Fsp3) is 0.346. The number of hydrogen-bond acceptors (Lipinski definition) is 4. The Labute approximate surface area is 183 Å². The highest BCUT2D eigenvalue weighted by Gasteiger charge is 2.22. The summed E-state index contributed by atoms with van der Waals surface area (Å²) in [6, 6.07) is 17.7. The maximum atomic E-state index is 12.6. The maximum absolute atomic E-state index is 12.6. The van der Waals surface area contributed by atoms with Crippen LogP contribution in [0.3, 0.4) is 0 Å². The van der Waals surface area contributed by atoms with Crippen LogP contribution in [-0.2, 0) is 4.79 Å². The standard InChI is InChI=1S/C26H29N3O2/c1-19-8-6-11-22-20(2)18-24(27-26(19)22)28-14-16-29(17-15-28)25(31)13-7-12-23(30)21-9-4-3-5-10-21/h3-6,8-11,18H,7,12-17H2,1-2H3. The Balaban J connectivity index is 1.30. The topological polar surface area (TPSA) is 53.5 Å². The number of fused-ring (bicyclic) bond motifs is 1. The van der Waals surface area contributed by atoms with Crippen molar-refractivity contribution in [2.45, 2.75) is 33.1 Å². The van der Waals surface area contributed by atoms with Crippen LogP contribution >= 0.6 is 0 Å². The monoisotopic (exact) mass is 415 g/mol. The van der Waals surface area contributed by atoms with Crippen LogP contribution in [0.5, 0.6) is 0 Å². The summed E-state index contributed by atoms with van der Waals surface area (Å²) in [5.41, 5.74) is 4.18. The molecule has 1 aliphatic rings. The van der Waals surface area contributed by atoms with E-state index < -0.39 is 0 Å². The van der Waals surface area contributed by atoms with Crippen LogP contribution in [0.4, 0.5) is 5.82 Å². The predicted molar refractivity (Wildman–Crippen MR) is 125 cm³/mol. The lowest BCUT2D eigenvalue weighted by Crippen LogP contribution is -2.49. The minimum atomic E-state index is 0.103. The van der Waals surface area contributed by atoms with Crippen molar-refractivity contribution in [1.82, 2.24) is 9.88 Å². The molecule has 0 bridgehead atoms. The number of piperazine rings is 1. The van der Waals surface area contributed by atoms with Crippen LogP contribution in [0.2, 0.25) is 0 Å². The molecule has 0 aliphatic carbocycles. The van der Waals surface area contributed by atoms with E-state index in [1.165, 1.54) is 16.5 Å². The van der Waals surface area contributed by atoms with E-state index in [1.54, 1.807) is 0 Å². The number of Topliss-reactive ketones (excluding diaryl/α,β-unsaturated/α-hetero) is 1. The third kappa shape index (κ3) is 4.76. The van der Waals surface area contributed by atoms with Gasteiger partial charge in [0.1, 0.15) is 5.82 Å². The van der Waals surface area contributed by atoms with Gasteiger partial charge in [-0.15, -0.1) is 0 Å². The molecule has 1 saturated heterocycles. The van der Waals surface area contributed by atoms with Gasteiger partial charge in [0.15, 0.2) is 5.78 Å². The van der Waals surface area contributed by atoms with E-state index in [4.69, 9.17) is 4.98 Å². The molecular formula is C26H29N3O2. The Morgan fingerprint density at radius 2 is 1.61 bits per heavy atom. The van der Waals surface area contributed by atoms with E-state index >= 15 is 0 Å². The van der Waals surface area contributed by atoms with Crippen LogP contribution in [0.15, 0.2) is 54.6 Å². The van der Waals surface area contributed by atoms with Crippen molar-refractivity contribution >= 4 is 28.4 Å². The third-order valence-corrected chi connectivity index (χ3v) is 6.08. The van der Waals surface area contributed by atoms with Gasteiger partial charge >= 0.3 is 0 Å². The van der Waals surface area contributed by atoms with E-state index in [2.05, 4.69) is 43.0 Å². The van der Waals surface area contributed by atoms with Crippen molar-refractivity contribution < 1.29 is 9.59 Å². The van der Waals surface area contributed by atoms with E-state index in [-0.39, 0.29) is 11.7 Å². The smallest absolute Gasteiger partial charge is 0.222 e. The van der Waals surface area contributed by atoms with E-state index in [0.717, 1.165) is 30.0 Å². The molecule has 1 aromatic heterocycles. The molecule has 160 valence electrons. The zero-order valence-corrected chi connectivity index (χ0v) is 18.3. The summed E-state index contributed by atoms with van der Waals surface area (Å²) in [6.45, 7) is 7.16. The second-order valence-corrected chi connectivity index (χ2v) is 8.28. The van der Waals surface area contributed by atoms with Crippen LogP contribution < -0.4 is 4.90 Å². The molecule has 0 radical (unpaired) electrons. The highest BCUT2D eigenvalue weighted by molar-refractivity contribution is 5.96. The molecule has 0 spiro atoms. The quantitative estimate of drug-likeness (QED) is 0.554. The van der Waals surface area contributed by atoms with Gasteiger partial charge in [-0.25, -0.2) is 4.98 Å². The first kappa shape index (κ1) is 21.0. The second-order valence-electron chi connectivity index (χ2n) is 8.28.